The Labute approximate surface area is 71.6 Å². The summed E-state index contributed by atoms with van der Waals surface area (Å²) in [4.78, 5) is 13.8. The molecule has 0 unspecified atom stereocenters. The molecule has 6 heteroatoms. The van der Waals surface area contributed by atoms with Crippen molar-refractivity contribution in [2.45, 2.75) is 20.0 Å². The maximum atomic E-state index is 12.0. The van der Waals surface area contributed by atoms with Crippen LogP contribution in [0.15, 0.2) is 4.42 Å². The van der Waals surface area contributed by atoms with Gasteiger partial charge < -0.3 is 4.42 Å². The van der Waals surface area contributed by atoms with Gasteiger partial charge in [-0.3, -0.25) is 4.79 Å². The Kier molecular flexibility index (Phi) is 2.15. The highest BCUT2D eigenvalue weighted by Gasteiger charge is 2.38. The van der Waals surface area contributed by atoms with Gasteiger partial charge in [0.05, 0.1) is 0 Å². The Bertz CT molecular complexity index is 340. The van der Waals surface area contributed by atoms with Crippen molar-refractivity contribution in [3.05, 3.63) is 17.3 Å². The van der Waals surface area contributed by atoms with Crippen LogP contribution in [0.4, 0.5) is 13.2 Å². The predicted molar refractivity (Wildman–Crippen MR) is 36.2 cm³/mol. The highest BCUT2D eigenvalue weighted by molar-refractivity contribution is 5.92. The molecule has 0 atom stereocenters. The van der Waals surface area contributed by atoms with Crippen LogP contribution in [0.2, 0.25) is 0 Å². The molecule has 0 aromatic carbocycles. The first-order valence-corrected chi connectivity index (χ1v) is 3.38. The van der Waals surface area contributed by atoms with Gasteiger partial charge in [-0.2, -0.15) is 13.2 Å². The molecule has 0 saturated heterocycles. The number of hydrogen-bond donors (Lipinski definition) is 0. The van der Waals surface area contributed by atoms with Crippen LogP contribution in [0, 0.1) is 6.92 Å². The van der Waals surface area contributed by atoms with Crippen LogP contribution in [0.3, 0.4) is 0 Å². The summed E-state index contributed by atoms with van der Waals surface area (Å²) in [5, 5.41) is 0. The summed E-state index contributed by atoms with van der Waals surface area (Å²) in [6.45, 7) is 2.39. The number of hydrogen-bond acceptors (Lipinski definition) is 3. The Morgan fingerprint density at radius 1 is 1.46 bits per heavy atom. The standard InChI is InChI=1S/C7H6F3NO2/c1-3(12)5-4(2)13-6(11-5)7(8,9)10/h1-2H3. The SMILES string of the molecule is CC(=O)c1nc(C(F)(F)F)oc1C. The second kappa shape index (κ2) is 2.86. The molecule has 1 heterocycles. The van der Waals surface area contributed by atoms with Crippen LogP contribution in [0.5, 0.6) is 0 Å². The van der Waals surface area contributed by atoms with E-state index in [1.54, 1.807) is 0 Å². The zero-order valence-corrected chi connectivity index (χ0v) is 6.90. The quantitative estimate of drug-likeness (QED) is 0.642. The van der Waals surface area contributed by atoms with Crippen LogP contribution in [0.1, 0.15) is 29.1 Å². The molecule has 0 bridgehead atoms. The van der Waals surface area contributed by atoms with Gasteiger partial charge in [-0.15, -0.1) is 0 Å². The van der Waals surface area contributed by atoms with Crippen molar-refractivity contribution in [2.24, 2.45) is 0 Å². The van der Waals surface area contributed by atoms with E-state index in [2.05, 4.69) is 9.40 Å². The third kappa shape index (κ3) is 1.88. The predicted octanol–water partition coefficient (Wildman–Crippen LogP) is 2.20. The van der Waals surface area contributed by atoms with E-state index in [0.29, 0.717) is 0 Å². The fourth-order valence-electron chi connectivity index (χ4n) is 0.844. The monoisotopic (exact) mass is 193 g/mol. The van der Waals surface area contributed by atoms with E-state index in [4.69, 9.17) is 0 Å². The van der Waals surface area contributed by atoms with Crippen molar-refractivity contribution < 1.29 is 22.4 Å². The number of carbonyl (C=O) groups is 1. The lowest BCUT2D eigenvalue weighted by molar-refractivity contribution is -0.157. The zero-order valence-electron chi connectivity index (χ0n) is 6.90. The van der Waals surface area contributed by atoms with Crippen LogP contribution in [-0.2, 0) is 6.18 Å². The summed E-state index contributed by atoms with van der Waals surface area (Å²) in [7, 11) is 0. The number of ketones is 1. The van der Waals surface area contributed by atoms with Crippen LogP contribution < -0.4 is 0 Å². The molecule has 13 heavy (non-hydrogen) atoms. The first-order chi connectivity index (χ1) is 5.82. The largest absolute Gasteiger partial charge is 0.468 e. The Balaban J connectivity index is 3.17. The smallest absolute Gasteiger partial charge is 0.438 e. The van der Waals surface area contributed by atoms with Crippen molar-refractivity contribution in [3.63, 3.8) is 0 Å². The summed E-state index contributed by atoms with van der Waals surface area (Å²) < 4.78 is 40.2. The number of nitrogens with zero attached hydrogens (tertiary/aromatic N) is 1. The molecule has 1 rings (SSSR count). The van der Waals surface area contributed by atoms with Gasteiger partial charge >= 0.3 is 12.1 Å². The first-order valence-electron chi connectivity index (χ1n) is 3.38. The molecular formula is C7H6F3NO2. The fraction of sp³-hybridized carbons (Fsp3) is 0.429. The second-order valence-corrected chi connectivity index (χ2v) is 2.48. The van der Waals surface area contributed by atoms with Gasteiger partial charge in [0.15, 0.2) is 5.78 Å². The molecule has 3 nitrogen and oxygen atoms in total. The van der Waals surface area contributed by atoms with Crippen molar-refractivity contribution in [3.8, 4) is 0 Å². The second-order valence-electron chi connectivity index (χ2n) is 2.48. The maximum Gasteiger partial charge on any atom is 0.468 e. The number of rotatable bonds is 1. The number of carbonyl (C=O) groups excluding carboxylic acids is 1. The van der Waals surface area contributed by atoms with E-state index in [9.17, 15) is 18.0 Å². The molecule has 0 aliphatic heterocycles. The van der Waals surface area contributed by atoms with Crippen LogP contribution >= 0.6 is 0 Å². The van der Waals surface area contributed by atoms with E-state index in [0.717, 1.165) is 6.92 Å². The Hall–Kier alpha value is -1.33. The van der Waals surface area contributed by atoms with Gasteiger partial charge in [0.25, 0.3) is 0 Å². The average Bonchev–Trinajstić information content (AvgIpc) is 2.29. The lowest BCUT2D eigenvalue weighted by Crippen LogP contribution is -2.06. The Morgan fingerprint density at radius 3 is 2.23 bits per heavy atom. The van der Waals surface area contributed by atoms with Crippen molar-refractivity contribution in [1.82, 2.24) is 4.98 Å². The fourth-order valence-corrected chi connectivity index (χ4v) is 0.844. The van der Waals surface area contributed by atoms with E-state index < -0.39 is 17.9 Å². The first kappa shape index (κ1) is 9.76. The van der Waals surface area contributed by atoms with E-state index >= 15 is 0 Å². The van der Waals surface area contributed by atoms with Gasteiger partial charge in [0.2, 0.25) is 0 Å². The lowest BCUT2D eigenvalue weighted by atomic mass is 10.3. The number of Topliss-reactive ketones (excluding diaryl/α,β-unsaturated/α-hetero) is 1. The maximum absolute atomic E-state index is 12.0. The number of oxazole rings is 1. The normalized spacial score (nSPS) is 11.8. The summed E-state index contributed by atoms with van der Waals surface area (Å²) in [6, 6.07) is 0. The average molecular weight is 193 g/mol. The van der Waals surface area contributed by atoms with Gasteiger partial charge in [-0.1, -0.05) is 0 Å². The van der Waals surface area contributed by atoms with Gasteiger partial charge in [0.1, 0.15) is 11.5 Å². The molecular weight excluding hydrogens is 187 g/mol. The molecule has 1 aromatic rings. The highest BCUT2D eigenvalue weighted by Crippen LogP contribution is 2.29. The third-order valence-corrected chi connectivity index (χ3v) is 1.37. The molecule has 0 spiro atoms. The zero-order chi connectivity index (χ0) is 10.2. The summed E-state index contributed by atoms with van der Waals surface area (Å²) in [5.41, 5.74) is -0.271. The minimum absolute atomic E-state index is 0.111. The molecule has 0 fully saturated rings. The molecule has 0 N–H and O–H groups in total. The molecule has 0 amide bonds. The summed E-state index contributed by atoms with van der Waals surface area (Å²) in [6.07, 6.45) is -4.64. The van der Waals surface area contributed by atoms with E-state index in [1.165, 1.54) is 6.92 Å². The van der Waals surface area contributed by atoms with Gasteiger partial charge in [-0.25, -0.2) is 4.98 Å². The molecule has 0 aliphatic rings. The molecule has 0 aliphatic carbocycles. The van der Waals surface area contributed by atoms with Gasteiger partial charge in [-0.05, 0) is 6.92 Å². The number of alkyl halides is 3. The molecule has 0 saturated carbocycles. The van der Waals surface area contributed by atoms with Gasteiger partial charge in [0, 0.05) is 6.92 Å². The number of aryl methyl sites for hydroxylation is 1. The molecule has 0 radical (unpaired) electrons. The summed E-state index contributed by atoms with van der Waals surface area (Å²) >= 11 is 0. The van der Waals surface area contributed by atoms with Crippen molar-refractivity contribution in [2.75, 3.05) is 0 Å². The number of halogens is 3. The topological polar surface area (TPSA) is 43.1 Å². The Morgan fingerprint density at radius 2 is 2.00 bits per heavy atom. The minimum atomic E-state index is -4.64. The third-order valence-electron chi connectivity index (χ3n) is 1.37. The van der Waals surface area contributed by atoms with Crippen LogP contribution in [0.25, 0.3) is 0 Å². The lowest BCUT2D eigenvalue weighted by Gasteiger charge is -1.97. The van der Waals surface area contributed by atoms with E-state index in [-0.39, 0.29) is 11.5 Å². The summed E-state index contributed by atoms with van der Waals surface area (Å²) in [5.74, 6) is -2.04. The molecule has 1 aromatic heterocycles. The highest BCUT2D eigenvalue weighted by atomic mass is 19.4. The molecule has 72 valence electrons. The van der Waals surface area contributed by atoms with Crippen LogP contribution in [-0.4, -0.2) is 10.8 Å². The minimum Gasteiger partial charge on any atom is -0.438 e. The van der Waals surface area contributed by atoms with Crippen molar-refractivity contribution in [1.29, 1.82) is 0 Å². The van der Waals surface area contributed by atoms with Crippen molar-refractivity contribution >= 4 is 5.78 Å². The van der Waals surface area contributed by atoms with E-state index in [1.807, 2.05) is 0 Å². The number of aromatic nitrogens is 1.